The molecule has 0 radical (unpaired) electrons. The van der Waals surface area contributed by atoms with Crippen molar-refractivity contribution in [2.24, 2.45) is 5.73 Å². The Morgan fingerprint density at radius 1 is 1.04 bits per heavy atom. The van der Waals surface area contributed by atoms with Gasteiger partial charge < -0.3 is 40.5 Å². The standard InChI is InChI=1S/C6H8O7.C5H14NO.C2H2F3NO/c7-3(8)1-6(13,5(11)12)2-4(9)10;1-6(2,3)4-5-7;3-2(4,5)1(6)7/h13H,1-2H2,(H,7,8)(H,9,10)(H,11,12);7H,4-5H2,1-3H3;(H2,6,7)/q;+1;/p-1. The number of aliphatic hydroxyl groups excluding tert-OH is 1. The Kier molecular flexibility index (Phi) is 13.1. The molecule has 27 heavy (non-hydrogen) atoms. The monoisotopic (exact) mass is 408 g/mol. The van der Waals surface area contributed by atoms with Gasteiger partial charge in [-0.1, -0.05) is 0 Å². The molecule has 1 atom stereocenters. The first-order valence-corrected chi connectivity index (χ1v) is 6.94. The maximum absolute atomic E-state index is 10.7. The third-order valence-electron chi connectivity index (χ3n) is 2.33. The molecule has 0 aliphatic rings. The fourth-order valence-electron chi connectivity index (χ4n) is 1.00. The van der Waals surface area contributed by atoms with Gasteiger partial charge in [-0.25, -0.2) is 4.79 Å². The van der Waals surface area contributed by atoms with E-state index < -0.39 is 48.4 Å². The Morgan fingerprint density at radius 3 is 1.52 bits per heavy atom. The smallest absolute Gasteiger partial charge is 0.470 e. The largest absolute Gasteiger partial charge is 0.550 e. The van der Waals surface area contributed by atoms with Crippen LogP contribution in [0.3, 0.4) is 0 Å². The Balaban J connectivity index is -0.000000350. The number of hydrogen-bond donors (Lipinski definition) is 5. The average Bonchev–Trinajstić information content (AvgIpc) is 2.34. The molecule has 0 saturated heterocycles. The number of quaternary nitrogens is 1. The number of nitrogens with zero attached hydrogens (tertiary/aromatic N) is 1. The molecular formula is C13H23F3N2O9. The molecule has 0 spiro atoms. The summed E-state index contributed by atoms with van der Waals surface area (Å²) in [6, 6.07) is 0. The number of carbonyl (C=O) groups excluding carboxylic acids is 2. The number of carboxylic acid groups (broad SMARTS) is 3. The van der Waals surface area contributed by atoms with Crippen LogP contribution in [0.4, 0.5) is 13.2 Å². The summed E-state index contributed by atoms with van der Waals surface area (Å²) in [6.07, 6.45) is -7.30. The maximum atomic E-state index is 10.7. The van der Waals surface area contributed by atoms with Gasteiger partial charge in [0.25, 0.3) is 0 Å². The van der Waals surface area contributed by atoms with Crippen molar-refractivity contribution in [2.75, 3.05) is 34.3 Å². The van der Waals surface area contributed by atoms with Crippen molar-refractivity contribution in [1.82, 2.24) is 0 Å². The van der Waals surface area contributed by atoms with Crippen LogP contribution in [0.1, 0.15) is 12.8 Å². The predicted molar refractivity (Wildman–Crippen MR) is 79.7 cm³/mol. The molecule has 0 heterocycles. The summed E-state index contributed by atoms with van der Waals surface area (Å²) in [5.74, 6) is -7.59. The summed E-state index contributed by atoms with van der Waals surface area (Å²) in [5, 5.41) is 43.9. The highest BCUT2D eigenvalue weighted by Gasteiger charge is 2.38. The van der Waals surface area contributed by atoms with E-state index in [2.05, 4.69) is 26.9 Å². The first-order valence-electron chi connectivity index (χ1n) is 6.94. The van der Waals surface area contributed by atoms with Crippen molar-refractivity contribution in [3.05, 3.63) is 0 Å². The second kappa shape index (κ2) is 12.0. The number of likely N-dealkylation sites (N-methyl/N-ethyl adjacent to an activating group) is 1. The number of aliphatic hydroxyl groups is 2. The normalized spacial score (nSPS) is 13.0. The molecule has 0 aliphatic heterocycles. The van der Waals surface area contributed by atoms with Crippen LogP contribution in [0.25, 0.3) is 0 Å². The number of primary amides is 1. The number of aliphatic carboxylic acids is 3. The summed E-state index contributed by atoms with van der Waals surface area (Å²) in [4.78, 5) is 39.4. The highest BCUT2D eigenvalue weighted by molar-refractivity contribution is 5.87. The van der Waals surface area contributed by atoms with Crippen LogP contribution in [-0.4, -0.2) is 94.8 Å². The number of hydrogen-bond acceptors (Lipinski definition) is 7. The van der Waals surface area contributed by atoms with Gasteiger partial charge in [0, 0.05) is 12.4 Å². The SMILES string of the molecule is C[N+](C)(C)CCO.NC(=O)C(F)(F)F.O=C([O-])CC(O)(CC(=O)O)C(=O)O. The number of nitrogens with two attached hydrogens (primary N) is 1. The first kappa shape index (κ1) is 29.3. The molecule has 1 amide bonds. The van der Waals surface area contributed by atoms with Gasteiger partial charge in [0.2, 0.25) is 0 Å². The lowest BCUT2D eigenvalue weighted by Gasteiger charge is -2.21. The second-order valence-corrected chi connectivity index (χ2v) is 6.06. The van der Waals surface area contributed by atoms with Crippen molar-refractivity contribution >= 4 is 23.8 Å². The molecule has 0 aromatic rings. The van der Waals surface area contributed by atoms with Crippen molar-refractivity contribution in [3.8, 4) is 0 Å². The van der Waals surface area contributed by atoms with Crippen molar-refractivity contribution in [1.29, 1.82) is 0 Å². The van der Waals surface area contributed by atoms with Crippen molar-refractivity contribution in [3.63, 3.8) is 0 Å². The van der Waals surface area contributed by atoms with Crippen LogP contribution >= 0.6 is 0 Å². The zero-order valence-electron chi connectivity index (χ0n) is 14.8. The van der Waals surface area contributed by atoms with Gasteiger partial charge >= 0.3 is 24.0 Å². The van der Waals surface area contributed by atoms with E-state index in [1.807, 2.05) is 0 Å². The lowest BCUT2D eigenvalue weighted by Crippen LogP contribution is -2.45. The third-order valence-corrected chi connectivity index (χ3v) is 2.33. The van der Waals surface area contributed by atoms with Crippen LogP contribution in [0.15, 0.2) is 0 Å². The molecule has 0 fully saturated rings. The predicted octanol–water partition coefficient (Wildman–Crippen LogP) is -2.86. The first-order chi connectivity index (χ1) is 11.8. The van der Waals surface area contributed by atoms with Gasteiger partial charge in [-0.2, -0.15) is 13.2 Å². The number of rotatable bonds is 7. The molecule has 0 rings (SSSR count). The average molecular weight is 408 g/mol. The molecule has 0 aromatic heterocycles. The Hall–Kier alpha value is -2.45. The van der Waals surface area contributed by atoms with Gasteiger partial charge in [0.1, 0.15) is 6.54 Å². The highest BCUT2D eigenvalue weighted by atomic mass is 19.4. The fraction of sp³-hybridized carbons (Fsp3) is 0.692. The zero-order valence-corrected chi connectivity index (χ0v) is 14.8. The lowest BCUT2D eigenvalue weighted by molar-refractivity contribution is -0.870. The quantitative estimate of drug-likeness (QED) is 0.275. The number of carboxylic acids is 3. The van der Waals surface area contributed by atoms with Crippen LogP contribution in [0.2, 0.25) is 0 Å². The van der Waals surface area contributed by atoms with E-state index in [0.717, 1.165) is 11.0 Å². The van der Waals surface area contributed by atoms with E-state index in [-0.39, 0.29) is 6.61 Å². The Labute approximate surface area is 152 Å². The van der Waals surface area contributed by atoms with Gasteiger partial charge in [0.05, 0.1) is 34.2 Å². The van der Waals surface area contributed by atoms with Crippen LogP contribution < -0.4 is 10.8 Å². The number of alkyl halides is 3. The summed E-state index contributed by atoms with van der Waals surface area (Å²) in [5.41, 5.74) is 1.00. The lowest BCUT2D eigenvalue weighted by atomic mass is 9.96. The minimum Gasteiger partial charge on any atom is -0.550 e. The summed E-state index contributed by atoms with van der Waals surface area (Å²) in [6.45, 7) is 1.11. The number of carbonyl (C=O) groups is 4. The van der Waals surface area contributed by atoms with Gasteiger partial charge in [-0.05, 0) is 0 Å². The fourth-order valence-corrected chi connectivity index (χ4v) is 1.00. The maximum Gasteiger partial charge on any atom is 0.470 e. The van der Waals surface area contributed by atoms with Gasteiger partial charge in [-0.3, -0.25) is 9.59 Å². The van der Waals surface area contributed by atoms with E-state index in [0.29, 0.717) is 0 Å². The Bertz CT molecular complexity index is 500. The molecular weight excluding hydrogens is 385 g/mol. The number of halogens is 3. The molecule has 11 nitrogen and oxygen atoms in total. The van der Waals surface area contributed by atoms with Gasteiger partial charge in [-0.15, -0.1) is 0 Å². The molecule has 0 saturated carbocycles. The molecule has 0 bridgehead atoms. The second-order valence-electron chi connectivity index (χ2n) is 6.06. The topological polar surface area (TPSA) is 198 Å². The van der Waals surface area contributed by atoms with Crippen molar-refractivity contribution < 1.29 is 62.4 Å². The molecule has 6 N–H and O–H groups in total. The molecule has 14 heteroatoms. The molecule has 0 aromatic carbocycles. The number of amides is 1. The van der Waals surface area contributed by atoms with Crippen LogP contribution in [0.5, 0.6) is 0 Å². The minimum atomic E-state index is -4.86. The van der Waals surface area contributed by atoms with Crippen molar-refractivity contribution in [2.45, 2.75) is 24.6 Å². The molecule has 1 unspecified atom stereocenters. The van der Waals surface area contributed by atoms with Crippen LogP contribution in [-0.2, 0) is 19.2 Å². The van der Waals surface area contributed by atoms with Crippen LogP contribution in [0, 0.1) is 0 Å². The highest BCUT2D eigenvalue weighted by Crippen LogP contribution is 2.15. The van der Waals surface area contributed by atoms with E-state index in [9.17, 15) is 32.7 Å². The summed E-state index contributed by atoms with van der Waals surface area (Å²) < 4.78 is 33.0. The van der Waals surface area contributed by atoms with E-state index in [1.54, 1.807) is 0 Å². The van der Waals surface area contributed by atoms with E-state index in [4.69, 9.17) is 25.2 Å². The zero-order chi connectivity index (χ0) is 22.6. The molecule has 160 valence electrons. The Morgan fingerprint density at radius 2 is 1.41 bits per heavy atom. The summed E-state index contributed by atoms with van der Waals surface area (Å²) >= 11 is 0. The minimum absolute atomic E-state index is 0.281. The van der Waals surface area contributed by atoms with Gasteiger partial charge in [0.15, 0.2) is 5.60 Å². The molecule has 0 aliphatic carbocycles. The summed E-state index contributed by atoms with van der Waals surface area (Å²) in [7, 11) is 6.16. The third kappa shape index (κ3) is 19.7. The van der Waals surface area contributed by atoms with E-state index >= 15 is 0 Å². The van der Waals surface area contributed by atoms with E-state index in [1.165, 1.54) is 0 Å².